The number of fused-ring (bicyclic) bond motifs is 6. The van der Waals surface area contributed by atoms with Crippen molar-refractivity contribution in [3.05, 3.63) is 0 Å². The molecule has 0 amide bonds. The molecule has 0 spiro atoms. The Kier molecular flexibility index (Phi) is 2.61. The van der Waals surface area contributed by atoms with Gasteiger partial charge in [0.2, 0.25) is 0 Å². The van der Waals surface area contributed by atoms with Crippen molar-refractivity contribution in [2.24, 2.45) is 21.8 Å². The minimum atomic E-state index is -0.223. The van der Waals surface area contributed by atoms with Crippen LogP contribution in [0.4, 0.5) is 0 Å². The maximum Gasteiger partial charge on any atom is 0.145 e. The summed E-state index contributed by atoms with van der Waals surface area (Å²) in [4.78, 5) is 9.93. The quantitative estimate of drug-likeness (QED) is 0.691. The number of rotatable bonds is 0. The first kappa shape index (κ1) is 12.0. The van der Waals surface area contributed by atoms with Crippen LogP contribution in [0, 0.1) is 11.8 Å². The summed E-state index contributed by atoms with van der Waals surface area (Å²) in [5, 5.41) is 7.52. The van der Waals surface area contributed by atoms with Gasteiger partial charge in [0.25, 0.3) is 0 Å². The summed E-state index contributed by atoms with van der Waals surface area (Å²) in [7, 11) is 0. The Hall–Kier alpha value is -0.740. The minimum Gasteiger partial charge on any atom is -0.312 e. The van der Waals surface area contributed by atoms with E-state index in [9.17, 15) is 0 Å². The van der Waals surface area contributed by atoms with Gasteiger partial charge in [-0.2, -0.15) is 0 Å². The van der Waals surface area contributed by atoms with Gasteiger partial charge in [0.15, 0.2) is 0 Å². The van der Waals surface area contributed by atoms with E-state index in [2.05, 4.69) is 24.5 Å². The highest BCUT2D eigenvalue weighted by Gasteiger charge is 2.50. The number of hydrogen-bond donors (Lipinski definition) is 2. The fraction of sp³-hybridized carbons (Fsp3) is 0.867. The van der Waals surface area contributed by atoms with Crippen molar-refractivity contribution in [1.82, 2.24) is 10.6 Å². The van der Waals surface area contributed by atoms with Crippen LogP contribution in [0.25, 0.3) is 0 Å². The lowest BCUT2D eigenvalue weighted by Gasteiger charge is -2.48. The lowest BCUT2D eigenvalue weighted by molar-refractivity contribution is 0.206. The third-order valence-electron chi connectivity index (χ3n) is 5.15. The van der Waals surface area contributed by atoms with E-state index in [4.69, 9.17) is 9.98 Å². The molecular formula is C15H24N4. The number of aliphatic imine (C=N–C) groups is 2. The number of nitrogens with one attached hydrogen (secondary N) is 2. The second-order valence-corrected chi connectivity index (χ2v) is 6.95. The standard InChI is InChI=1S/C15H24N4/c1-15(2)18-13-9-5-3-7-16-11(9)12-10(14(13)19-15)6-4-8-17-12/h9-12,16-17H,3-8H2,1-2H3. The van der Waals surface area contributed by atoms with E-state index in [-0.39, 0.29) is 5.66 Å². The molecule has 2 saturated heterocycles. The Labute approximate surface area is 115 Å². The molecule has 0 bridgehead atoms. The topological polar surface area (TPSA) is 48.8 Å². The van der Waals surface area contributed by atoms with Crippen LogP contribution in [0.5, 0.6) is 0 Å². The van der Waals surface area contributed by atoms with Crippen LogP contribution in [0.2, 0.25) is 0 Å². The second kappa shape index (κ2) is 4.13. The SMILES string of the molecule is CC1(C)N=C2C(=N1)C1CCCNC1C1NCCCC21. The van der Waals surface area contributed by atoms with Gasteiger partial charge in [-0.15, -0.1) is 0 Å². The molecule has 0 aromatic heterocycles. The van der Waals surface area contributed by atoms with Crippen molar-refractivity contribution in [1.29, 1.82) is 0 Å². The lowest BCUT2D eigenvalue weighted by Crippen LogP contribution is -2.66. The summed E-state index contributed by atoms with van der Waals surface area (Å²) in [6.07, 6.45) is 5.09. The largest absolute Gasteiger partial charge is 0.312 e. The lowest BCUT2D eigenvalue weighted by atomic mass is 9.67. The first-order valence-electron chi connectivity index (χ1n) is 7.82. The first-order chi connectivity index (χ1) is 9.16. The van der Waals surface area contributed by atoms with Gasteiger partial charge in [0.1, 0.15) is 5.66 Å². The zero-order chi connectivity index (χ0) is 13.0. The van der Waals surface area contributed by atoms with E-state index in [1.54, 1.807) is 0 Å². The van der Waals surface area contributed by atoms with Gasteiger partial charge in [-0.3, -0.25) is 9.98 Å². The molecule has 0 aromatic rings. The van der Waals surface area contributed by atoms with E-state index >= 15 is 0 Å². The van der Waals surface area contributed by atoms with E-state index in [0.717, 1.165) is 13.1 Å². The molecule has 104 valence electrons. The highest BCUT2D eigenvalue weighted by atomic mass is 15.2. The van der Waals surface area contributed by atoms with Crippen LogP contribution in [0.15, 0.2) is 9.98 Å². The van der Waals surface area contributed by atoms with E-state index in [1.165, 1.54) is 37.1 Å². The van der Waals surface area contributed by atoms with Crippen LogP contribution in [-0.2, 0) is 0 Å². The van der Waals surface area contributed by atoms with Crippen molar-refractivity contribution in [3.63, 3.8) is 0 Å². The molecule has 19 heavy (non-hydrogen) atoms. The molecule has 3 heterocycles. The van der Waals surface area contributed by atoms with E-state index < -0.39 is 0 Å². The summed E-state index contributed by atoms with van der Waals surface area (Å²) in [6.45, 7) is 6.61. The van der Waals surface area contributed by atoms with Gasteiger partial charge in [-0.05, 0) is 52.6 Å². The normalized spacial score (nSPS) is 43.7. The summed E-state index contributed by atoms with van der Waals surface area (Å²) in [5.74, 6) is 1.17. The smallest absolute Gasteiger partial charge is 0.145 e. The first-order valence-corrected chi connectivity index (χ1v) is 7.82. The third-order valence-corrected chi connectivity index (χ3v) is 5.15. The molecule has 3 fully saturated rings. The maximum absolute atomic E-state index is 4.96. The zero-order valence-corrected chi connectivity index (χ0v) is 11.9. The Balaban J connectivity index is 1.77. The van der Waals surface area contributed by atoms with Crippen molar-refractivity contribution >= 4 is 11.4 Å². The molecule has 4 unspecified atom stereocenters. The van der Waals surface area contributed by atoms with Crippen LogP contribution in [0.1, 0.15) is 39.5 Å². The molecule has 3 aliphatic heterocycles. The third kappa shape index (κ3) is 1.80. The van der Waals surface area contributed by atoms with Crippen molar-refractivity contribution < 1.29 is 0 Å². The minimum absolute atomic E-state index is 0.223. The predicted molar refractivity (Wildman–Crippen MR) is 78.0 cm³/mol. The molecule has 2 N–H and O–H groups in total. The van der Waals surface area contributed by atoms with Crippen LogP contribution >= 0.6 is 0 Å². The molecule has 4 nitrogen and oxygen atoms in total. The highest BCUT2D eigenvalue weighted by Crippen LogP contribution is 2.39. The maximum atomic E-state index is 4.96. The van der Waals surface area contributed by atoms with Gasteiger partial charge < -0.3 is 10.6 Å². The highest BCUT2D eigenvalue weighted by molar-refractivity contribution is 6.46. The summed E-state index contributed by atoms with van der Waals surface area (Å²) in [5.41, 5.74) is 2.46. The number of piperidine rings is 2. The Morgan fingerprint density at radius 2 is 1.37 bits per heavy atom. The average Bonchev–Trinajstić information content (AvgIpc) is 2.75. The monoisotopic (exact) mass is 260 g/mol. The molecule has 0 radical (unpaired) electrons. The summed E-state index contributed by atoms with van der Waals surface area (Å²) >= 11 is 0. The number of nitrogens with zero attached hydrogens (tertiary/aromatic N) is 2. The van der Waals surface area contributed by atoms with Crippen molar-refractivity contribution in [2.45, 2.75) is 57.3 Å². The predicted octanol–water partition coefficient (Wildman–Crippen LogP) is 1.37. The van der Waals surface area contributed by atoms with E-state index in [1.807, 2.05) is 0 Å². The van der Waals surface area contributed by atoms with Gasteiger partial charge in [-0.25, -0.2) is 0 Å². The molecule has 1 saturated carbocycles. The average molecular weight is 260 g/mol. The molecule has 4 rings (SSSR count). The van der Waals surface area contributed by atoms with Crippen molar-refractivity contribution in [2.75, 3.05) is 13.1 Å². The number of hydrogen-bond acceptors (Lipinski definition) is 4. The molecule has 1 aliphatic carbocycles. The van der Waals surface area contributed by atoms with Gasteiger partial charge in [0, 0.05) is 23.9 Å². The molecule has 0 aromatic carbocycles. The summed E-state index contributed by atoms with van der Waals surface area (Å²) in [6, 6.07) is 1.15. The fourth-order valence-electron chi connectivity index (χ4n) is 4.47. The van der Waals surface area contributed by atoms with Crippen LogP contribution < -0.4 is 10.6 Å². The zero-order valence-electron chi connectivity index (χ0n) is 11.9. The van der Waals surface area contributed by atoms with Crippen LogP contribution in [0.3, 0.4) is 0 Å². The fourth-order valence-corrected chi connectivity index (χ4v) is 4.47. The van der Waals surface area contributed by atoms with Gasteiger partial charge >= 0.3 is 0 Å². The van der Waals surface area contributed by atoms with E-state index in [0.29, 0.717) is 23.9 Å². The van der Waals surface area contributed by atoms with Crippen molar-refractivity contribution in [3.8, 4) is 0 Å². The van der Waals surface area contributed by atoms with Crippen LogP contribution in [-0.4, -0.2) is 42.3 Å². The Morgan fingerprint density at radius 3 is 1.84 bits per heavy atom. The van der Waals surface area contributed by atoms with Gasteiger partial charge in [-0.1, -0.05) is 0 Å². The summed E-state index contributed by atoms with van der Waals surface area (Å²) < 4.78 is 0. The molecule has 4 atom stereocenters. The molecule has 4 aliphatic rings. The Bertz CT molecular complexity index is 411. The molecule has 4 heteroatoms. The molecular weight excluding hydrogens is 236 g/mol. The Morgan fingerprint density at radius 1 is 0.895 bits per heavy atom. The van der Waals surface area contributed by atoms with Gasteiger partial charge in [0.05, 0.1) is 11.4 Å². The second-order valence-electron chi connectivity index (χ2n) is 6.95.